The minimum absolute atomic E-state index is 0. The molecule has 0 unspecified atom stereocenters. The number of piperazine rings is 1. The Hall–Kier alpha value is -1.72. The van der Waals surface area contributed by atoms with Crippen LogP contribution in [0.3, 0.4) is 0 Å². The molecule has 3 heterocycles. The minimum Gasteiger partial charge on any atom is -0.699 e. The number of ether oxygens (including phenoxy) is 1. The van der Waals surface area contributed by atoms with E-state index in [2.05, 4.69) is 56.4 Å². The van der Waals surface area contributed by atoms with Crippen molar-refractivity contribution in [2.75, 3.05) is 43.4 Å². The third kappa shape index (κ3) is 6.24. The SMILES string of the molecule is CN1CCN(c2ccc(Nc3nc(Oc4cccc([NH-])c4)c4sccc4n3)cc2)CC1.[CH3-].[K+]. The normalized spacial score (nSPS) is 13.8. The second-order valence-corrected chi connectivity index (χ2v) is 8.50. The summed E-state index contributed by atoms with van der Waals surface area (Å²) < 4.78 is 6.89. The molecule has 2 N–H and O–H groups in total. The van der Waals surface area contributed by atoms with Crippen LogP contribution >= 0.6 is 11.3 Å². The average Bonchev–Trinajstić information content (AvgIpc) is 3.24. The second-order valence-electron chi connectivity index (χ2n) is 7.58. The fourth-order valence-corrected chi connectivity index (χ4v) is 4.34. The molecule has 2 aromatic heterocycles. The summed E-state index contributed by atoms with van der Waals surface area (Å²) in [6, 6.07) is 17.3. The second kappa shape index (κ2) is 11.6. The van der Waals surface area contributed by atoms with Crippen LogP contribution in [-0.4, -0.2) is 48.1 Å². The van der Waals surface area contributed by atoms with Crippen molar-refractivity contribution in [2.24, 2.45) is 0 Å². The summed E-state index contributed by atoms with van der Waals surface area (Å²) in [6.45, 7) is 4.25. The Balaban J connectivity index is 0.00000153. The predicted molar refractivity (Wildman–Crippen MR) is 134 cm³/mol. The molecular formula is C24H26KN6OS-. The monoisotopic (exact) mass is 485 g/mol. The zero-order valence-corrected chi connectivity index (χ0v) is 23.1. The van der Waals surface area contributed by atoms with Gasteiger partial charge in [0.2, 0.25) is 11.8 Å². The molecule has 0 radical (unpaired) electrons. The van der Waals surface area contributed by atoms with Gasteiger partial charge in [-0.25, -0.2) is 4.98 Å². The number of nitrogens with one attached hydrogen (secondary N) is 2. The molecule has 9 heteroatoms. The van der Waals surface area contributed by atoms with E-state index in [1.165, 1.54) is 17.0 Å². The first-order chi connectivity index (χ1) is 15.1. The molecule has 166 valence electrons. The first kappa shape index (κ1) is 25.9. The number of aromatic nitrogens is 2. The van der Waals surface area contributed by atoms with Crippen LogP contribution in [0.1, 0.15) is 0 Å². The van der Waals surface area contributed by atoms with Crippen molar-refractivity contribution in [3.05, 3.63) is 73.1 Å². The first-order valence-corrected chi connectivity index (χ1v) is 11.1. The van der Waals surface area contributed by atoms with Gasteiger partial charge in [-0.1, -0.05) is 12.1 Å². The number of hydrogen-bond acceptors (Lipinski definition) is 7. The predicted octanol–water partition coefficient (Wildman–Crippen LogP) is 3.12. The number of nitrogens with zero attached hydrogens (tertiary/aromatic N) is 4. The maximum atomic E-state index is 7.80. The molecule has 0 bridgehead atoms. The molecule has 1 aliphatic rings. The van der Waals surface area contributed by atoms with Crippen LogP contribution in [0, 0.1) is 7.43 Å². The fourth-order valence-electron chi connectivity index (χ4n) is 3.58. The Labute approximate surface area is 241 Å². The molecule has 4 aromatic rings. The van der Waals surface area contributed by atoms with E-state index in [9.17, 15) is 0 Å². The Bertz CT molecular complexity index is 1190. The van der Waals surface area contributed by atoms with Gasteiger partial charge in [-0.3, -0.25) is 0 Å². The largest absolute Gasteiger partial charge is 1.00 e. The topological polar surface area (TPSA) is 77.3 Å². The third-order valence-electron chi connectivity index (χ3n) is 5.31. The van der Waals surface area contributed by atoms with Gasteiger partial charge < -0.3 is 33.0 Å². The molecule has 0 amide bonds. The van der Waals surface area contributed by atoms with Gasteiger partial charge in [-0.15, -0.1) is 17.0 Å². The summed E-state index contributed by atoms with van der Waals surface area (Å²) >= 11 is 1.54. The van der Waals surface area contributed by atoms with Crippen LogP contribution in [0.5, 0.6) is 11.6 Å². The van der Waals surface area contributed by atoms with Gasteiger partial charge >= 0.3 is 51.4 Å². The van der Waals surface area contributed by atoms with E-state index in [4.69, 9.17) is 10.5 Å². The van der Waals surface area contributed by atoms with E-state index in [0.29, 0.717) is 23.3 Å². The average molecular weight is 486 g/mol. The molecule has 0 spiro atoms. The van der Waals surface area contributed by atoms with Gasteiger partial charge in [0.1, 0.15) is 10.4 Å². The van der Waals surface area contributed by atoms with E-state index >= 15 is 0 Å². The quantitative estimate of drug-likeness (QED) is 0.346. The number of rotatable bonds is 5. The number of hydrogen-bond donors (Lipinski definition) is 1. The zero-order chi connectivity index (χ0) is 21.2. The number of thiophene rings is 1. The van der Waals surface area contributed by atoms with Gasteiger partial charge in [-0.05, 0) is 54.9 Å². The van der Waals surface area contributed by atoms with Crippen LogP contribution in [0.2, 0.25) is 0 Å². The molecule has 2 aromatic carbocycles. The molecule has 1 fully saturated rings. The molecule has 1 saturated heterocycles. The first-order valence-electron chi connectivity index (χ1n) is 10.2. The number of likely N-dealkylation sites (N-methyl/N-ethyl adjacent to an activating group) is 1. The number of fused-ring (bicyclic) bond motifs is 1. The van der Waals surface area contributed by atoms with Crippen LogP contribution in [0.15, 0.2) is 60.0 Å². The summed E-state index contributed by atoms with van der Waals surface area (Å²) in [5, 5.41) is 5.27. The number of benzene rings is 2. The van der Waals surface area contributed by atoms with E-state index in [0.717, 1.165) is 42.1 Å². The molecule has 0 saturated carbocycles. The summed E-state index contributed by atoms with van der Waals surface area (Å²) in [4.78, 5) is 14.0. The van der Waals surface area contributed by atoms with Crippen molar-refractivity contribution in [3.63, 3.8) is 0 Å². The van der Waals surface area contributed by atoms with Gasteiger partial charge in [-0.2, -0.15) is 4.98 Å². The van der Waals surface area contributed by atoms with Crippen LogP contribution < -0.4 is 66.3 Å². The molecule has 0 atom stereocenters. The van der Waals surface area contributed by atoms with Gasteiger partial charge in [0, 0.05) is 37.6 Å². The summed E-state index contributed by atoms with van der Waals surface area (Å²) in [5.74, 6) is 1.56. The molecule has 0 aliphatic carbocycles. The minimum atomic E-state index is 0. The van der Waals surface area contributed by atoms with E-state index in [-0.39, 0.29) is 58.8 Å². The third-order valence-corrected chi connectivity index (χ3v) is 6.20. The van der Waals surface area contributed by atoms with Crippen molar-refractivity contribution in [3.8, 4) is 11.6 Å². The van der Waals surface area contributed by atoms with Crippen LogP contribution in [0.25, 0.3) is 16.0 Å². The van der Waals surface area contributed by atoms with Gasteiger partial charge in [0.15, 0.2) is 0 Å². The van der Waals surface area contributed by atoms with Crippen molar-refractivity contribution in [2.45, 2.75) is 0 Å². The molecule has 7 nitrogen and oxygen atoms in total. The maximum absolute atomic E-state index is 7.80. The number of anilines is 3. The van der Waals surface area contributed by atoms with Gasteiger partial charge in [0.25, 0.3) is 0 Å². The maximum Gasteiger partial charge on any atom is 1.00 e. The van der Waals surface area contributed by atoms with E-state index < -0.39 is 0 Å². The van der Waals surface area contributed by atoms with Crippen LogP contribution in [0.4, 0.5) is 23.0 Å². The van der Waals surface area contributed by atoms with Crippen molar-refractivity contribution < 1.29 is 56.1 Å². The van der Waals surface area contributed by atoms with E-state index in [1.807, 2.05) is 17.5 Å². The standard InChI is InChI=1S/C23H23N6OS.CH3.K/c1-28-10-12-29(13-11-28)18-7-5-17(6-8-18)25-23-26-20-9-14-31-21(20)22(27-23)30-19-4-2-3-16(24)15-19;;/h2-9,14-15,24H,10-13H2,1H3,(H,25,26,27);1H3;/q2*-1;+1. The fraction of sp³-hybridized carbons (Fsp3) is 0.208. The van der Waals surface area contributed by atoms with Crippen molar-refractivity contribution >= 4 is 44.6 Å². The zero-order valence-electron chi connectivity index (χ0n) is 19.2. The summed E-state index contributed by atoms with van der Waals surface area (Å²) in [5.41, 5.74) is 11.2. The van der Waals surface area contributed by atoms with Gasteiger partial charge in [0.05, 0.1) is 5.52 Å². The van der Waals surface area contributed by atoms with Crippen molar-refractivity contribution in [1.82, 2.24) is 14.9 Å². The Morgan fingerprint density at radius 3 is 2.48 bits per heavy atom. The van der Waals surface area contributed by atoms with Crippen molar-refractivity contribution in [1.29, 1.82) is 0 Å². The summed E-state index contributed by atoms with van der Waals surface area (Å²) in [6.07, 6.45) is 0. The van der Waals surface area contributed by atoms with E-state index in [1.54, 1.807) is 18.2 Å². The van der Waals surface area contributed by atoms with Crippen LogP contribution in [-0.2, 0) is 0 Å². The molecule has 33 heavy (non-hydrogen) atoms. The summed E-state index contributed by atoms with van der Waals surface area (Å²) in [7, 11) is 2.16. The Kier molecular flexibility index (Phi) is 9.11. The smallest absolute Gasteiger partial charge is 0.699 e. The Morgan fingerprint density at radius 2 is 1.76 bits per heavy atom. The molecule has 5 rings (SSSR count). The Morgan fingerprint density at radius 1 is 1.00 bits per heavy atom. The molecule has 1 aliphatic heterocycles. The molecular weight excluding hydrogens is 459 g/mol.